The van der Waals surface area contributed by atoms with Gasteiger partial charge >= 0.3 is 5.97 Å². The highest BCUT2D eigenvalue weighted by Gasteiger charge is 2.20. The Morgan fingerprint density at radius 2 is 1.88 bits per heavy atom. The number of anilines is 1. The fraction of sp³-hybridized carbons (Fsp3) is 0.300. The molecule has 1 atom stereocenters. The molecule has 0 bridgehead atoms. The molecule has 0 unspecified atom stereocenters. The predicted octanol–water partition coefficient (Wildman–Crippen LogP) is 3.67. The number of amides is 1. The van der Waals surface area contributed by atoms with E-state index in [4.69, 9.17) is 4.74 Å². The number of rotatable bonds is 4. The normalized spacial score (nSPS) is 13.9. The summed E-state index contributed by atoms with van der Waals surface area (Å²) in [6, 6.07) is 13.1. The van der Waals surface area contributed by atoms with Crippen molar-refractivity contribution in [3.8, 4) is 0 Å². The van der Waals surface area contributed by atoms with Crippen molar-refractivity contribution in [2.45, 2.75) is 39.2 Å². The Kier molecular flexibility index (Phi) is 4.65. The number of carbonyl (C=O) groups excluding carboxylic acids is 2. The van der Waals surface area contributed by atoms with E-state index in [9.17, 15) is 9.59 Å². The van der Waals surface area contributed by atoms with Gasteiger partial charge in [0.05, 0.1) is 5.56 Å². The van der Waals surface area contributed by atoms with Crippen molar-refractivity contribution >= 4 is 17.6 Å². The van der Waals surface area contributed by atoms with E-state index in [-0.39, 0.29) is 5.91 Å². The first-order chi connectivity index (χ1) is 11.5. The first-order valence-corrected chi connectivity index (χ1v) is 8.23. The van der Waals surface area contributed by atoms with Gasteiger partial charge in [0, 0.05) is 5.69 Å². The second-order valence-electron chi connectivity index (χ2n) is 6.24. The minimum atomic E-state index is -0.855. The van der Waals surface area contributed by atoms with Crippen LogP contribution in [-0.2, 0) is 22.4 Å². The van der Waals surface area contributed by atoms with Gasteiger partial charge in [-0.15, -0.1) is 0 Å². The minimum absolute atomic E-state index is 0.338. The zero-order chi connectivity index (χ0) is 17.1. The predicted molar refractivity (Wildman–Crippen MR) is 93.2 cm³/mol. The van der Waals surface area contributed by atoms with Crippen LogP contribution in [0, 0.1) is 6.92 Å². The monoisotopic (exact) mass is 323 g/mol. The van der Waals surface area contributed by atoms with E-state index in [1.807, 2.05) is 37.3 Å². The van der Waals surface area contributed by atoms with Crippen molar-refractivity contribution in [1.82, 2.24) is 0 Å². The number of esters is 1. The van der Waals surface area contributed by atoms with Crippen LogP contribution in [0.3, 0.4) is 0 Å². The molecule has 1 amide bonds. The maximum Gasteiger partial charge on any atom is 0.338 e. The Morgan fingerprint density at radius 1 is 1.08 bits per heavy atom. The summed E-state index contributed by atoms with van der Waals surface area (Å²) in [5, 5.41) is 2.76. The summed E-state index contributed by atoms with van der Waals surface area (Å²) in [6.45, 7) is 3.53. The van der Waals surface area contributed by atoms with Gasteiger partial charge in [-0.05, 0) is 74.1 Å². The first-order valence-electron chi connectivity index (χ1n) is 8.23. The van der Waals surface area contributed by atoms with E-state index in [1.54, 1.807) is 19.1 Å². The molecule has 3 rings (SSSR count). The Balaban J connectivity index is 1.62. The molecule has 0 saturated carbocycles. The van der Waals surface area contributed by atoms with Crippen molar-refractivity contribution in [2.75, 3.05) is 5.32 Å². The molecule has 0 aliphatic heterocycles. The van der Waals surface area contributed by atoms with Gasteiger partial charge in [-0.25, -0.2) is 4.79 Å². The molecule has 4 nitrogen and oxygen atoms in total. The fourth-order valence-electron chi connectivity index (χ4n) is 2.95. The summed E-state index contributed by atoms with van der Waals surface area (Å²) >= 11 is 0. The van der Waals surface area contributed by atoms with E-state index in [2.05, 4.69) is 5.32 Å². The fourth-order valence-corrected chi connectivity index (χ4v) is 2.95. The van der Waals surface area contributed by atoms with E-state index in [0.717, 1.165) is 24.8 Å². The van der Waals surface area contributed by atoms with Gasteiger partial charge in [0.1, 0.15) is 0 Å². The summed E-state index contributed by atoms with van der Waals surface area (Å²) in [5.41, 5.74) is 4.76. The van der Waals surface area contributed by atoms with E-state index >= 15 is 0 Å². The minimum Gasteiger partial charge on any atom is -0.449 e. The standard InChI is InChI=1S/C20H21NO3/c1-13-5-3-8-18(11-13)21-19(22)14(2)24-20(23)17-10-9-15-6-4-7-16(15)12-17/h3,5,8-12,14H,4,6-7H2,1-2H3,(H,21,22)/t14-/m1/s1. The summed E-state index contributed by atoms with van der Waals surface area (Å²) in [6.07, 6.45) is 2.34. The topological polar surface area (TPSA) is 55.4 Å². The zero-order valence-corrected chi connectivity index (χ0v) is 14.0. The van der Waals surface area contributed by atoms with Gasteiger partial charge in [0.15, 0.2) is 6.10 Å². The lowest BCUT2D eigenvalue weighted by molar-refractivity contribution is -0.123. The summed E-state index contributed by atoms with van der Waals surface area (Å²) in [7, 11) is 0. The van der Waals surface area contributed by atoms with Crippen LogP contribution in [0.1, 0.15) is 40.4 Å². The van der Waals surface area contributed by atoms with Crippen LogP contribution in [-0.4, -0.2) is 18.0 Å². The molecule has 1 aliphatic rings. The molecule has 4 heteroatoms. The lowest BCUT2D eigenvalue weighted by Gasteiger charge is -2.14. The molecule has 2 aromatic carbocycles. The molecule has 0 spiro atoms. The number of carbonyl (C=O) groups is 2. The highest BCUT2D eigenvalue weighted by molar-refractivity contribution is 5.97. The van der Waals surface area contributed by atoms with Gasteiger partial charge in [-0.3, -0.25) is 4.79 Å². The maximum absolute atomic E-state index is 12.3. The van der Waals surface area contributed by atoms with Gasteiger partial charge in [0.2, 0.25) is 0 Å². The molecule has 0 radical (unpaired) electrons. The Morgan fingerprint density at radius 3 is 2.67 bits per heavy atom. The molecule has 124 valence electrons. The van der Waals surface area contributed by atoms with Crippen LogP contribution in [0.5, 0.6) is 0 Å². The van der Waals surface area contributed by atoms with E-state index < -0.39 is 12.1 Å². The Labute approximate surface area is 141 Å². The third-order valence-electron chi connectivity index (χ3n) is 4.27. The number of fused-ring (bicyclic) bond motifs is 1. The molecule has 0 fully saturated rings. The van der Waals surface area contributed by atoms with Crippen LogP contribution in [0.2, 0.25) is 0 Å². The van der Waals surface area contributed by atoms with Crippen molar-refractivity contribution in [1.29, 1.82) is 0 Å². The number of hydrogen-bond donors (Lipinski definition) is 1. The summed E-state index contributed by atoms with van der Waals surface area (Å²) in [5.74, 6) is -0.799. The number of hydrogen-bond acceptors (Lipinski definition) is 3. The number of ether oxygens (including phenoxy) is 1. The molecule has 24 heavy (non-hydrogen) atoms. The SMILES string of the molecule is Cc1cccc(NC(=O)[C@@H](C)OC(=O)c2ccc3c(c2)CCC3)c1. The summed E-state index contributed by atoms with van der Waals surface area (Å²) < 4.78 is 5.31. The quantitative estimate of drug-likeness (QED) is 0.874. The Hall–Kier alpha value is -2.62. The van der Waals surface area contributed by atoms with Crippen LogP contribution in [0.15, 0.2) is 42.5 Å². The van der Waals surface area contributed by atoms with Crippen molar-refractivity contribution in [2.24, 2.45) is 0 Å². The first kappa shape index (κ1) is 16.2. The lowest BCUT2D eigenvalue weighted by Crippen LogP contribution is -2.30. The molecular formula is C20H21NO3. The Bertz CT molecular complexity index is 782. The summed E-state index contributed by atoms with van der Waals surface area (Å²) in [4.78, 5) is 24.5. The lowest BCUT2D eigenvalue weighted by atomic mass is 10.1. The molecular weight excluding hydrogens is 302 g/mol. The van der Waals surface area contributed by atoms with Gasteiger partial charge in [0.25, 0.3) is 5.91 Å². The highest BCUT2D eigenvalue weighted by Crippen LogP contribution is 2.23. The van der Waals surface area contributed by atoms with Crippen LogP contribution in [0.25, 0.3) is 0 Å². The number of nitrogens with one attached hydrogen (secondary N) is 1. The average Bonchev–Trinajstić information content (AvgIpc) is 3.02. The molecule has 1 aliphatic carbocycles. The van der Waals surface area contributed by atoms with Crippen molar-refractivity contribution in [3.63, 3.8) is 0 Å². The maximum atomic E-state index is 12.3. The van der Waals surface area contributed by atoms with Gasteiger partial charge in [-0.2, -0.15) is 0 Å². The second-order valence-corrected chi connectivity index (χ2v) is 6.24. The van der Waals surface area contributed by atoms with Crippen LogP contribution < -0.4 is 5.32 Å². The largest absolute Gasteiger partial charge is 0.449 e. The number of aryl methyl sites for hydroxylation is 3. The second kappa shape index (κ2) is 6.87. The van der Waals surface area contributed by atoms with E-state index in [1.165, 1.54) is 11.1 Å². The zero-order valence-electron chi connectivity index (χ0n) is 14.0. The molecule has 0 saturated heterocycles. The molecule has 0 aromatic heterocycles. The smallest absolute Gasteiger partial charge is 0.338 e. The molecule has 2 aromatic rings. The van der Waals surface area contributed by atoms with Crippen molar-refractivity contribution in [3.05, 3.63) is 64.7 Å². The molecule has 1 N–H and O–H groups in total. The van der Waals surface area contributed by atoms with Gasteiger partial charge in [-0.1, -0.05) is 18.2 Å². The third kappa shape index (κ3) is 3.65. The molecule has 0 heterocycles. The average molecular weight is 323 g/mol. The van der Waals surface area contributed by atoms with Crippen molar-refractivity contribution < 1.29 is 14.3 Å². The van der Waals surface area contributed by atoms with Crippen LogP contribution >= 0.6 is 0 Å². The third-order valence-corrected chi connectivity index (χ3v) is 4.27. The van der Waals surface area contributed by atoms with E-state index in [0.29, 0.717) is 11.3 Å². The highest BCUT2D eigenvalue weighted by atomic mass is 16.5. The van der Waals surface area contributed by atoms with Crippen LogP contribution in [0.4, 0.5) is 5.69 Å². The number of benzene rings is 2. The van der Waals surface area contributed by atoms with Gasteiger partial charge < -0.3 is 10.1 Å².